The molecular formula is C29H26N2O6. The summed E-state index contributed by atoms with van der Waals surface area (Å²) in [6, 6.07) is 19.1. The van der Waals surface area contributed by atoms with E-state index >= 15 is 0 Å². The van der Waals surface area contributed by atoms with E-state index in [0.29, 0.717) is 39.6 Å². The number of nitriles is 1. The van der Waals surface area contributed by atoms with Gasteiger partial charge in [-0.15, -0.1) is 0 Å². The van der Waals surface area contributed by atoms with E-state index in [-0.39, 0.29) is 17.4 Å². The Balaban J connectivity index is 1.90. The molecule has 0 radical (unpaired) electrons. The Labute approximate surface area is 214 Å². The maximum absolute atomic E-state index is 13.4. The smallest absolute Gasteiger partial charge is 0.300 e. The summed E-state index contributed by atoms with van der Waals surface area (Å²) < 4.78 is 16.5. The van der Waals surface area contributed by atoms with Crippen molar-refractivity contribution in [2.75, 3.05) is 19.1 Å². The predicted octanol–water partition coefficient (Wildman–Crippen LogP) is 4.99. The number of rotatable bonds is 7. The topological polar surface area (TPSA) is 109 Å². The Morgan fingerprint density at radius 1 is 0.946 bits per heavy atom. The van der Waals surface area contributed by atoms with Crippen molar-refractivity contribution in [3.05, 3.63) is 89.0 Å². The average molecular weight is 499 g/mol. The van der Waals surface area contributed by atoms with E-state index in [1.165, 1.54) is 19.1 Å². The first-order valence-corrected chi connectivity index (χ1v) is 11.6. The van der Waals surface area contributed by atoms with E-state index in [0.717, 1.165) is 0 Å². The van der Waals surface area contributed by atoms with Gasteiger partial charge in [0.15, 0.2) is 11.5 Å². The summed E-state index contributed by atoms with van der Waals surface area (Å²) >= 11 is 0. The first-order valence-electron chi connectivity index (χ1n) is 11.6. The second-order valence-corrected chi connectivity index (χ2v) is 8.63. The van der Waals surface area contributed by atoms with E-state index in [4.69, 9.17) is 14.2 Å². The fraction of sp³-hybridized carbons (Fsp3) is 0.207. The van der Waals surface area contributed by atoms with E-state index < -0.39 is 17.7 Å². The van der Waals surface area contributed by atoms with Crippen LogP contribution in [0.3, 0.4) is 0 Å². The van der Waals surface area contributed by atoms with Crippen LogP contribution in [-0.2, 0) is 9.59 Å². The van der Waals surface area contributed by atoms with E-state index in [1.54, 1.807) is 66.7 Å². The third-order valence-corrected chi connectivity index (χ3v) is 5.94. The van der Waals surface area contributed by atoms with Crippen LogP contribution < -0.4 is 19.1 Å². The second kappa shape index (κ2) is 10.5. The van der Waals surface area contributed by atoms with Crippen molar-refractivity contribution in [3.8, 4) is 23.3 Å². The highest BCUT2D eigenvalue weighted by Crippen LogP contribution is 2.44. The van der Waals surface area contributed by atoms with Crippen LogP contribution in [0.1, 0.15) is 36.6 Å². The summed E-state index contributed by atoms with van der Waals surface area (Å²) in [6.45, 7) is 3.81. The number of carbonyl (C=O) groups excluding carboxylic acids is 2. The van der Waals surface area contributed by atoms with Gasteiger partial charge in [0.25, 0.3) is 11.7 Å². The maximum atomic E-state index is 13.4. The van der Waals surface area contributed by atoms with Crippen LogP contribution in [0.15, 0.2) is 72.3 Å². The number of benzene rings is 3. The van der Waals surface area contributed by atoms with Gasteiger partial charge in [0.1, 0.15) is 11.5 Å². The fourth-order valence-corrected chi connectivity index (χ4v) is 4.25. The normalized spacial score (nSPS) is 16.5. The van der Waals surface area contributed by atoms with Crippen LogP contribution >= 0.6 is 0 Å². The molecule has 1 fully saturated rings. The van der Waals surface area contributed by atoms with Crippen molar-refractivity contribution in [2.24, 2.45) is 0 Å². The van der Waals surface area contributed by atoms with Crippen molar-refractivity contribution in [1.82, 2.24) is 0 Å². The lowest BCUT2D eigenvalue weighted by Gasteiger charge is -2.26. The van der Waals surface area contributed by atoms with Crippen LogP contribution in [0.25, 0.3) is 5.76 Å². The first kappa shape index (κ1) is 25.3. The molecule has 3 aromatic carbocycles. The molecule has 1 atom stereocenters. The van der Waals surface area contributed by atoms with Crippen LogP contribution in [0.2, 0.25) is 0 Å². The minimum absolute atomic E-state index is 0.0257. The Hall–Kier alpha value is -4.77. The Morgan fingerprint density at radius 3 is 2.16 bits per heavy atom. The van der Waals surface area contributed by atoms with Crippen molar-refractivity contribution in [3.63, 3.8) is 0 Å². The highest BCUT2D eigenvalue weighted by molar-refractivity contribution is 6.51. The van der Waals surface area contributed by atoms with Gasteiger partial charge in [0.2, 0.25) is 0 Å². The van der Waals surface area contributed by atoms with Gasteiger partial charge in [-0.25, -0.2) is 0 Å². The third kappa shape index (κ3) is 4.84. The standard InChI is InChI=1S/C29H26N2O6/c1-17(2)37-22-12-7-19(8-13-22)27(32)25-26(20-9-14-23(35-3)24(15-20)36-4)31(29(34)28(25)33)21-10-5-18(16-30)6-11-21/h5-15,17,26,32H,1-4H3/b27-25-. The maximum Gasteiger partial charge on any atom is 0.300 e. The van der Waals surface area contributed by atoms with Gasteiger partial charge < -0.3 is 19.3 Å². The lowest BCUT2D eigenvalue weighted by molar-refractivity contribution is -0.132. The van der Waals surface area contributed by atoms with Crippen molar-refractivity contribution in [1.29, 1.82) is 5.26 Å². The van der Waals surface area contributed by atoms with Gasteiger partial charge in [-0.2, -0.15) is 5.26 Å². The number of hydrogen-bond acceptors (Lipinski definition) is 7. The summed E-state index contributed by atoms with van der Waals surface area (Å²) in [5, 5.41) is 20.5. The lowest BCUT2D eigenvalue weighted by Crippen LogP contribution is -2.29. The Kier molecular flexibility index (Phi) is 7.16. The molecule has 1 unspecified atom stereocenters. The zero-order valence-electron chi connectivity index (χ0n) is 20.9. The number of ketones is 1. The summed E-state index contributed by atoms with van der Waals surface area (Å²) in [5.74, 6) is -0.454. The Morgan fingerprint density at radius 2 is 1.59 bits per heavy atom. The van der Waals surface area contributed by atoms with Crippen LogP contribution in [0.4, 0.5) is 5.69 Å². The van der Waals surface area contributed by atoms with Gasteiger partial charge >= 0.3 is 0 Å². The van der Waals surface area contributed by atoms with E-state index in [2.05, 4.69) is 0 Å². The molecule has 1 aliphatic heterocycles. The number of anilines is 1. The number of carbonyl (C=O) groups is 2. The summed E-state index contributed by atoms with van der Waals surface area (Å²) in [6.07, 6.45) is -0.0257. The largest absolute Gasteiger partial charge is 0.507 e. The molecule has 1 aliphatic rings. The molecule has 0 aromatic heterocycles. The number of ether oxygens (including phenoxy) is 3. The van der Waals surface area contributed by atoms with Gasteiger partial charge in [-0.1, -0.05) is 6.07 Å². The molecular weight excluding hydrogens is 472 g/mol. The average Bonchev–Trinajstić information content (AvgIpc) is 3.18. The lowest BCUT2D eigenvalue weighted by atomic mass is 9.94. The molecule has 0 aliphatic carbocycles. The first-order chi connectivity index (χ1) is 17.8. The SMILES string of the molecule is COc1ccc(C2/C(=C(/O)c3ccc(OC(C)C)cc3)C(=O)C(=O)N2c2ccc(C#N)cc2)cc1OC. The second-order valence-electron chi connectivity index (χ2n) is 8.63. The van der Waals surface area contributed by atoms with Crippen LogP contribution in [0, 0.1) is 11.3 Å². The molecule has 1 heterocycles. The monoisotopic (exact) mass is 498 g/mol. The number of nitrogens with zero attached hydrogens (tertiary/aromatic N) is 2. The number of aliphatic hydroxyl groups excluding tert-OH is 1. The van der Waals surface area contributed by atoms with E-state index in [9.17, 15) is 20.0 Å². The minimum atomic E-state index is -0.959. The van der Waals surface area contributed by atoms with Crippen molar-refractivity contribution >= 4 is 23.1 Å². The van der Waals surface area contributed by atoms with Crippen LogP contribution in [-0.4, -0.2) is 37.1 Å². The molecule has 8 heteroatoms. The quantitative estimate of drug-likeness (QED) is 0.278. The molecule has 1 N–H and O–H groups in total. The number of hydrogen-bond donors (Lipinski definition) is 1. The summed E-state index contributed by atoms with van der Waals surface area (Å²) in [7, 11) is 2.99. The molecule has 8 nitrogen and oxygen atoms in total. The zero-order chi connectivity index (χ0) is 26.7. The molecule has 37 heavy (non-hydrogen) atoms. The van der Waals surface area contributed by atoms with Crippen molar-refractivity contribution in [2.45, 2.75) is 26.0 Å². The van der Waals surface area contributed by atoms with Gasteiger partial charge in [-0.05, 0) is 80.1 Å². The molecule has 0 bridgehead atoms. The van der Waals surface area contributed by atoms with Crippen molar-refractivity contribution < 1.29 is 28.9 Å². The minimum Gasteiger partial charge on any atom is -0.507 e. The van der Waals surface area contributed by atoms with Crippen LogP contribution in [0.5, 0.6) is 17.2 Å². The third-order valence-electron chi connectivity index (χ3n) is 5.94. The Bertz CT molecular complexity index is 1400. The number of aliphatic hydroxyl groups is 1. The van der Waals surface area contributed by atoms with E-state index in [1.807, 2.05) is 19.9 Å². The predicted molar refractivity (Wildman–Crippen MR) is 138 cm³/mol. The zero-order valence-corrected chi connectivity index (χ0v) is 20.9. The molecule has 0 saturated carbocycles. The van der Waals surface area contributed by atoms with Gasteiger partial charge in [0.05, 0.1) is 43.6 Å². The summed E-state index contributed by atoms with van der Waals surface area (Å²) in [4.78, 5) is 28.0. The number of methoxy groups -OCH3 is 2. The van der Waals surface area contributed by atoms with Gasteiger partial charge in [-0.3, -0.25) is 14.5 Å². The molecule has 1 amide bonds. The molecule has 1 saturated heterocycles. The summed E-state index contributed by atoms with van der Waals surface area (Å²) in [5.41, 5.74) is 1.63. The number of amides is 1. The molecule has 3 aromatic rings. The number of Topliss-reactive ketones (excluding diaryl/α,β-unsaturated/α-hetero) is 1. The fourth-order valence-electron chi connectivity index (χ4n) is 4.25. The molecule has 188 valence electrons. The highest BCUT2D eigenvalue weighted by Gasteiger charge is 2.47. The molecule has 0 spiro atoms. The highest BCUT2D eigenvalue weighted by atomic mass is 16.5. The van der Waals surface area contributed by atoms with Gasteiger partial charge in [0, 0.05) is 11.3 Å². The molecule has 4 rings (SSSR count).